The predicted molar refractivity (Wildman–Crippen MR) is 81.1 cm³/mol. The van der Waals surface area contributed by atoms with Crippen molar-refractivity contribution in [1.82, 2.24) is 4.31 Å². The summed E-state index contributed by atoms with van der Waals surface area (Å²) in [7, 11) is -3.44. The summed E-state index contributed by atoms with van der Waals surface area (Å²) in [5, 5.41) is 0.511. The molecule has 0 bridgehead atoms. The van der Waals surface area contributed by atoms with E-state index >= 15 is 0 Å². The van der Waals surface area contributed by atoms with Crippen LogP contribution in [-0.4, -0.2) is 25.8 Å². The molecule has 20 heavy (non-hydrogen) atoms. The number of hydrogen-bond acceptors (Lipinski definition) is 3. The Balaban J connectivity index is 2.30. The lowest BCUT2D eigenvalue weighted by atomic mass is 9.97. The van der Waals surface area contributed by atoms with Gasteiger partial charge in [-0.3, -0.25) is 0 Å². The van der Waals surface area contributed by atoms with E-state index in [2.05, 4.69) is 6.92 Å². The van der Waals surface area contributed by atoms with Crippen molar-refractivity contribution in [3.05, 3.63) is 28.8 Å². The van der Waals surface area contributed by atoms with Gasteiger partial charge in [-0.2, -0.15) is 4.31 Å². The van der Waals surface area contributed by atoms with Crippen LogP contribution in [0.15, 0.2) is 23.1 Å². The monoisotopic (exact) mass is 316 g/mol. The Bertz CT molecular complexity index is 575. The fraction of sp³-hybridized carbons (Fsp3) is 0.571. The summed E-state index contributed by atoms with van der Waals surface area (Å²) < 4.78 is 26.9. The fourth-order valence-electron chi connectivity index (χ4n) is 2.60. The smallest absolute Gasteiger partial charge is 0.243 e. The molecule has 0 aromatic heterocycles. The van der Waals surface area contributed by atoms with Gasteiger partial charge in [0, 0.05) is 24.7 Å². The van der Waals surface area contributed by atoms with E-state index in [0.29, 0.717) is 34.5 Å². The molecule has 0 aliphatic carbocycles. The molecule has 0 spiro atoms. The normalized spacial score (nSPS) is 21.1. The van der Waals surface area contributed by atoms with E-state index in [-0.39, 0.29) is 6.54 Å². The SMILES string of the molecule is CCC1CCCN(S(=O)(=O)c2ccc(Cl)c(CN)c2)C1. The van der Waals surface area contributed by atoms with Gasteiger partial charge < -0.3 is 5.73 Å². The molecule has 6 heteroatoms. The van der Waals surface area contributed by atoms with Gasteiger partial charge in [0.25, 0.3) is 0 Å². The largest absolute Gasteiger partial charge is 0.326 e. The average molecular weight is 317 g/mol. The van der Waals surface area contributed by atoms with Crippen LogP contribution in [-0.2, 0) is 16.6 Å². The van der Waals surface area contributed by atoms with E-state index in [1.54, 1.807) is 22.5 Å². The summed E-state index contributed by atoms with van der Waals surface area (Å²) in [4.78, 5) is 0.291. The summed E-state index contributed by atoms with van der Waals surface area (Å²) in [5.41, 5.74) is 6.26. The summed E-state index contributed by atoms with van der Waals surface area (Å²) in [6.45, 7) is 3.55. The molecule has 1 saturated heterocycles. The maximum atomic E-state index is 12.7. The summed E-state index contributed by atoms with van der Waals surface area (Å²) in [6, 6.07) is 4.76. The first kappa shape index (κ1) is 15.8. The van der Waals surface area contributed by atoms with Crippen LogP contribution in [0, 0.1) is 5.92 Å². The van der Waals surface area contributed by atoms with E-state index in [9.17, 15) is 8.42 Å². The molecule has 1 atom stereocenters. The van der Waals surface area contributed by atoms with Crippen molar-refractivity contribution < 1.29 is 8.42 Å². The van der Waals surface area contributed by atoms with Crippen molar-refractivity contribution in [1.29, 1.82) is 0 Å². The maximum absolute atomic E-state index is 12.7. The Morgan fingerprint density at radius 3 is 2.85 bits per heavy atom. The highest BCUT2D eigenvalue weighted by molar-refractivity contribution is 7.89. The van der Waals surface area contributed by atoms with Gasteiger partial charge >= 0.3 is 0 Å². The Kier molecular flexibility index (Phi) is 5.07. The molecule has 112 valence electrons. The van der Waals surface area contributed by atoms with Crippen molar-refractivity contribution in [2.24, 2.45) is 11.7 Å². The molecule has 1 aromatic carbocycles. The van der Waals surface area contributed by atoms with Gasteiger partial charge in [-0.05, 0) is 42.5 Å². The van der Waals surface area contributed by atoms with Crippen molar-refractivity contribution in [3.63, 3.8) is 0 Å². The Labute approximate surface area is 126 Å². The van der Waals surface area contributed by atoms with Crippen molar-refractivity contribution >= 4 is 21.6 Å². The Morgan fingerprint density at radius 2 is 2.20 bits per heavy atom. The van der Waals surface area contributed by atoms with Gasteiger partial charge in [0.1, 0.15) is 0 Å². The first-order valence-corrected chi connectivity index (χ1v) is 8.79. The van der Waals surface area contributed by atoms with Crippen molar-refractivity contribution in [3.8, 4) is 0 Å². The van der Waals surface area contributed by atoms with E-state index < -0.39 is 10.0 Å². The van der Waals surface area contributed by atoms with E-state index in [0.717, 1.165) is 19.3 Å². The van der Waals surface area contributed by atoms with E-state index in [1.165, 1.54) is 0 Å². The van der Waals surface area contributed by atoms with Gasteiger partial charge in [0.05, 0.1) is 4.90 Å². The van der Waals surface area contributed by atoms with Crippen molar-refractivity contribution in [2.75, 3.05) is 13.1 Å². The third-order valence-electron chi connectivity index (χ3n) is 3.93. The Hall–Kier alpha value is -0.620. The molecule has 0 saturated carbocycles. The van der Waals surface area contributed by atoms with Crippen LogP contribution in [0.1, 0.15) is 31.7 Å². The lowest BCUT2D eigenvalue weighted by Crippen LogP contribution is -2.39. The molecule has 1 aromatic rings. The van der Waals surface area contributed by atoms with Crippen LogP contribution in [0.25, 0.3) is 0 Å². The molecule has 1 heterocycles. The van der Waals surface area contributed by atoms with Crippen LogP contribution < -0.4 is 5.73 Å². The number of nitrogens with two attached hydrogens (primary N) is 1. The summed E-state index contributed by atoms with van der Waals surface area (Å²) in [6.07, 6.45) is 3.05. The van der Waals surface area contributed by atoms with Gasteiger partial charge in [-0.25, -0.2) is 8.42 Å². The molecule has 1 unspecified atom stereocenters. The predicted octanol–water partition coefficient (Wildman–Crippen LogP) is 2.61. The molecule has 1 aliphatic rings. The molecule has 0 amide bonds. The van der Waals surface area contributed by atoms with Crippen LogP contribution in [0.4, 0.5) is 0 Å². The lowest BCUT2D eigenvalue weighted by molar-refractivity contribution is 0.261. The first-order chi connectivity index (χ1) is 9.48. The number of halogens is 1. The third kappa shape index (κ3) is 3.17. The van der Waals surface area contributed by atoms with Gasteiger partial charge in [-0.15, -0.1) is 0 Å². The minimum Gasteiger partial charge on any atom is -0.326 e. The van der Waals surface area contributed by atoms with Crippen LogP contribution in [0.3, 0.4) is 0 Å². The van der Waals surface area contributed by atoms with Crippen molar-refractivity contribution in [2.45, 2.75) is 37.6 Å². The maximum Gasteiger partial charge on any atom is 0.243 e. The molecule has 2 N–H and O–H groups in total. The van der Waals surface area contributed by atoms with Gasteiger partial charge in [0.2, 0.25) is 10.0 Å². The fourth-order valence-corrected chi connectivity index (χ4v) is 4.40. The molecule has 2 rings (SSSR count). The van der Waals surface area contributed by atoms with E-state index in [4.69, 9.17) is 17.3 Å². The second-order valence-corrected chi connectivity index (χ2v) is 7.58. The first-order valence-electron chi connectivity index (χ1n) is 6.97. The zero-order valence-electron chi connectivity index (χ0n) is 11.7. The minimum absolute atomic E-state index is 0.236. The minimum atomic E-state index is -3.44. The summed E-state index contributed by atoms with van der Waals surface area (Å²) >= 11 is 5.99. The van der Waals surface area contributed by atoms with Crippen LogP contribution in [0.2, 0.25) is 5.02 Å². The topological polar surface area (TPSA) is 63.4 Å². The highest BCUT2D eigenvalue weighted by Crippen LogP contribution is 2.27. The second kappa shape index (κ2) is 6.43. The zero-order chi connectivity index (χ0) is 14.8. The molecular formula is C14H21ClN2O2S. The van der Waals surface area contributed by atoms with Crippen LogP contribution in [0.5, 0.6) is 0 Å². The standard InChI is InChI=1S/C14H21ClN2O2S/c1-2-11-4-3-7-17(10-11)20(18,19)13-5-6-14(15)12(8-13)9-16/h5-6,8,11H,2-4,7,9-10,16H2,1H3. The molecule has 1 fully saturated rings. The molecule has 0 radical (unpaired) electrons. The van der Waals surface area contributed by atoms with Gasteiger partial charge in [0.15, 0.2) is 0 Å². The Morgan fingerprint density at radius 1 is 1.45 bits per heavy atom. The number of piperidine rings is 1. The quantitative estimate of drug-likeness (QED) is 0.928. The van der Waals surface area contributed by atoms with Gasteiger partial charge in [-0.1, -0.05) is 24.9 Å². The number of benzene rings is 1. The number of nitrogens with zero attached hydrogens (tertiary/aromatic N) is 1. The number of sulfonamides is 1. The second-order valence-electron chi connectivity index (χ2n) is 5.24. The van der Waals surface area contributed by atoms with E-state index in [1.807, 2.05) is 0 Å². The molecular weight excluding hydrogens is 296 g/mol. The molecule has 1 aliphatic heterocycles. The summed E-state index contributed by atoms with van der Waals surface area (Å²) in [5.74, 6) is 0.458. The average Bonchev–Trinajstić information content (AvgIpc) is 2.47. The number of rotatable bonds is 4. The van der Waals surface area contributed by atoms with Crippen LogP contribution >= 0.6 is 11.6 Å². The lowest BCUT2D eigenvalue weighted by Gasteiger charge is -2.31. The zero-order valence-corrected chi connectivity index (χ0v) is 13.3. The highest BCUT2D eigenvalue weighted by Gasteiger charge is 2.29. The highest BCUT2D eigenvalue weighted by atomic mass is 35.5. The number of hydrogen-bond donors (Lipinski definition) is 1. The molecule has 4 nitrogen and oxygen atoms in total. The third-order valence-corrected chi connectivity index (χ3v) is 6.16.